The van der Waals surface area contributed by atoms with Crippen molar-refractivity contribution in [2.45, 2.75) is 18.9 Å². The van der Waals surface area contributed by atoms with Gasteiger partial charge < -0.3 is 24.4 Å². The second-order valence-electron chi connectivity index (χ2n) is 6.99. The number of carbonyl (C=O) groups is 1. The summed E-state index contributed by atoms with van der Waals surface area (Å²) in [7, 11) is 3.04. The smallest absolute Gasteiger partial charge is 0.321 e. The number of ether oxygens (including phenoxy) is 3. The van der Waals surface area contributed by atoms with Crippen molar-refractivity contribution in [2.24, 2.45) is 0 Å². The van der Waals surface area contributed by atoms with E-state index in [2.05, 4.69) is 10.3 Å². The Balaban J connectivity index is 1.36. The second kappa shape index (κ2) is 8.93. The zero-order valence-electron chi connectivity index (χ0n) is 17.0. The fraction of sp³-hybridized carbons (Fsp3) is 0.333. The predicted octanol–water partition coefficient (Wildman–Crippen LogP) is 4.67. The lowest BCUT2D eigenvalue weighted by atomic mass is 10.1. The van der Waals surface area contributed by atoms with Crippen LogP contribution in [0, 0.1) is 11.6 Å². The minimum absolute atomic E-state index is 0.102. The molecule has 2 amide bonds. The Labute approximate surface area is 181 Å². The fourth-order valence-electron chi connectivity index (χ4n) is 3.49. The highest BCUT2D eigenvalue weighted by atomic mass is 32.1. The molecule has 0 atom stereocenters. The minimum Gasteiger partial charge on any atom is -0.493 e. The van der Waals surface area contributed by atoms with Crippen molar-refractivity contribution in [3.8, 4) is 16.7 Å². The van der Waals surface area contributed by atoms with E-state index in [0.29, 0.717) is 53.0 Å². The number of halogens is 2. The number of urea groups is 1. The summed E-state index contributed by atoms with van der Waals surface area (Å²) in [5, 5.41) is 3.15. The first-order valence-corrected chi connectivity index (χ1v) is 10.5. The number of anilines is 1. The van der Waals surface area contributed by atoms with Crippen molar-refractivity contribution in [3.63, 3.8) is 0 Å². The van der Waals surface area contributed by atoms with Crippen molar-refractivity contribution in [3.05, 3.63) is 42.0 Å². The predicted molar refractivity (Wildman–Crippen MR) is 113 cm³/mol. The Hall–Kier alpha value is -3.14. The van der Waals surface area contributed by atoms with Crippen LogP contribution in [-0.2, 0) is 0 Å². The molecule has 1 aliphatic heterocycles. The highest BCUT2D eigenvalue weighted by molar-refractivity contribution is 7.20. The lowest BCUT2D eigenvalue weighted by Crippen LogP contribution is -2.43. The van der Waals surface area contributed by atoms with Gasteiger partial charge in [-0.3, -0.25) is 0 Å². The van der Waals surface area contributed by atoms with Crippen LogP contribution in [0.2, 0.25) is 0 Å². The van der Waals surface area contributed by atoms with Gasteiger partial charge in [0.15, 0.2) is 17.3 Å². The van der Waals surface area contributed by atoms with Gasteiger partial charge in [0.05, 0.1) is 24.6 Å². The van der Waals surface area contributed by atoms with Crippen molar-refractivity contribution in [2.75, 3.05) is 32.6 Å². The van der Waals surface area contributed by atoms with E-state index in [0.717, 1.165) is 17.4 Å². The molecule has 164 valence electrons. The third-order valence-corrected chi connectivity index (χ3v) is 5.93. The first-order valence-electron chi connectivity index (χ1n) is 9.67. The van der Waals surface area contributed by atoms with E-state index in [-0.39, 0.29) is 17.7 Å². The maximum atomic E-state index is 13.8. The number of para-hydroxylation sites is 1. The molecule has 0 unspecified atom stereocenters. The molecule has 1 aromatic heterocycles. The number of amides is 2. The monoisotopic (exact) mass is 449 g/mol. The van der Waals surface area contributed by atoms with Crippen LogP contribution in [-0.4, -0.2) is 49.3 Å². The van der Waals surface area contributed by atoms with Gasteiger partial charge in [-0.15, -0.1) is 0 Å². The molecule has 0 saturated carbocycles. The Morgan fingerprint density at radius 2 is 1.97 bits per heavy atom. The average molecular weight is 449 g/mol. The summed E-state index contributed by atoms with van der Waals surface area (Å²) < 4.78 is 44.1. The molecule has 0 bridgehead atoms. The van der Waals surface area contributed by atoms with Crippen LogP contribution in [0.4, 0.5) is 19.3 Å². The molecular weight excluding hydrogens is 428 g/mol. The van der Waals surface area contributed by atoms with Crippen LogP contribution in [0.1, 0.15) is 12.8 Å². The Morgan fingerprint density at radius 3 is 2.68 bits per heavy atom. The number of rotatable bonds is 5. The van der Waals surface area contributed by atoms with E-state index in [9.17, 15) is 13.6 Å². The van der Waals surface area contributed by atoms with Gasteiger partial charge in [0.25, 0.3) is 5.19 Å². The van der Waals surface area contributed by atoms with Gasteiger partial charge in [-0.05, 0) is 18.2 Å². The zero-order valence-corrected chi connectivity index (χ0v) is 17.8. The summed E-state index contributed by atoms with van der Waals surface area (Å²) in [5.41, 5.74) is 0.624. The average Bonchev–Trinajstić information content (AvgIpc) is 3.16. The Bertz CT molecular complexity index is 1100. The van der Waals surface area contributed by atoms with E-state index in [1.807, 2.05) is 0 Å². The van der Waals surface area contributed by atoms with Crippen LogP contribution < -0.4 is 19.5 Å². The number of aromatic nitrogens is 1. The number of piperidine rings is 1. The SMILES string of the molecule is COc1cccc(NC(=O)N2CCC(Oc3nc4c(F)cc(F)cc4s3)CC2)c1OC. The molecule has 1 aliphatic rings. The molecule has 1 fully saturated rings. The number of hydrogen-bond acceptors (Lipinski definition) is 6. The molecule has 0 aliphatic carbocycles. The van der Waals surface area contributed by atoms with E-state index in [1.165, 1.54) is 20.3 Å². The number of likely N-dealkylation sites (tertiary alicyclic amines) is 1. The number of nitrogens with one attached hydrogen (secondary N) is 1. The van der Waals surface area contributed by atoms with Crippen molar-refractivity contribution < 1.29 is 27.8 Å². The van der Waals surface area contributed by atoms with Gasteiger partial charge in [0.2, 0.25) is 0 Å². The van der Waals surface area contributed by atoms with Crippen LogP contribution in [0.15, 0.2) is 30.3 Å². The van der Waals surface area contributed by atoms with Gasteiger partial charge in [-0.2, -0.15) is 4.98 Å². The van der Waals surface area contributed by atoms with Gasteiger partial charge in [-0.25, -0.2) is 13.6 Å². The van der Waals surface area contributed by atoms with E-state index >= 15 is 0 Å². The molecule has 10 heteroatoms. The minimum atomic E-state index is -0.708. The number of nitrogens with zero attached hydrogens (tertiary/aromatic N) is 2. The van der Waals surface area contributed by atoms with Gasteiger partial charge in [-0.1, -0.05) is 17.4 Å². The normalized spacial score (nSPS) is 14.5. The molecule has 2 heterocycles. The molecule has 2 aromatic carbocycles. The molecule has 1 saturated heterocycles. The summed E-state index contributed by atoms with van der Waals surface area (Å²) in [6.45, 7) is 0.966. The maximum absolute atomic E-state index is 13.8. The molecular formula is C21H21F2N3O4S. The van der Waals surface area contributed by atoms with Crippen LogP contribution in [0.3, 0.4) is 0 Å². The Kier molecular flexibility index (Phi) is 6.08. The second-order valence-corrected chi connectivity index (χ2v) is 7.98. The quantitative estimate of drug-likeness (QED) is 0.613. The number of fused-ring (bicyclic) bond motifs is 1. The third kappa shape index (κ3) is 4.48. The lowest BCUT2D eigenvalue weighted by Gasteiger charge is -2.31. The van der Waals surface area contributed by atoms with E-state index < -0.39 is 11.6 Å². The summed E-state index contributed by atoms with van der Waals surface area (Å²) in [5.74, 6) is -0.372. The first kappa shape index (κ1) is 21.1. The van der Waals surface area contributed by atoms with E-state index in [1.54, 1.807) is 23.1 Å². The topological polar surface area (TPSA) is 72.9 Å². The standard InChI is InChI=1S/C21H21F2N3O4S/c1-28-16-5-3-4-15(19(16)29-2)24-20(27)26-8-6-13(7-9-26)30-21-25-18-14(23)10-12(22)11-17(18)31-21/h3-5,10-11,13H,6-9H2,1-2H3,(H,24,27). The molecule has 31 heavy (non-hydrogen) atoms. The fourth-order valence-corrected chi connectivity index (χ4v) is 4.41. The summed E-state index contributed by atoms with van der Waals surface area (Å²) in [6, 6.07) is 7.05. The number of methoxy groups -OCH3 is 2. The van der Waals surface area contributed by atoms with Crippen LogP contribution >= 0.6 is 11.3 Å². The van der Waals surface area contributed by atoms with Crippen molar-refractivity contribution in [1.82, 2.24) is 9.88 Å². The zero-order chi connectivity index (χ0) is 22.0. The summed E-state index contributed by atoms with van der Waals surface area (Å²) in [4.78, 5) is 18.5. The number of thiazole rings is 1. The lowest BCUT2D eigenvalue weighted by molar-refractivity contribution is 0.115. The van der Waals surface area contributed by atoms with Gasteiger partial charge in [0, 0.05) is 32.0 Å². The molecule has 4 rings (SSSR count). The first-order chi connectivity index (χ1) is 15.0. The van der Waals surface area contributed by atoms with Crippen molar-refractivity contribution >= 4 is 33.3 Å². The molecule has 7 nitrogen and oxygen atoms in total. The van der Waals surface area contributed by atoms with Crippen LogP contribution in [0.5, 0.6) is 16.7 Å². The number of benzene rings is 2. The third-order valence-electron chi connectivity index (χ3n) is 5.03. The van der Waals surface area contributed by atoms with Crippen LogP contribution in [0.25, 0.3) is 10.2 Å². The molecule has 0 spiro atoms. The van der Waals surface area contributed by atoms with Crippen molar-refractivity contribution in [1.29, 1.82) is 0 Å². The highest BCUT2D eigenvalue weighted by Gasteiger charge is 2.26. The number of carbonyl (C=O) groups excluding carboxylic acids is 1. The van der Waals surface area contributed by atoms with E-state index in [4.69, 9.17) is 14.2 Å². The largest absolute Gasteiger partial charge is 0.493 e. The molecule has 1 N–H and O–H groups in total. The molecule has 3 aromatic rings. The summed E-state index contributed by atoms with van der Waals surface area (Å²) in [6.07, 6.45) is 1.02. The summed E-state index contributed by atoms with van der Waals surface area (Å²) >= 11 is 1.10. The van der Waals surface area contributed by atoms with Gasteiger partial charge >= 0.3 is 6.03 Å². The maximum Gasteiger partial charge on any atom is 0.321 e. The number of hydrogen-bond donors (Lipinski definition) is 1. The molecule has 0 radical (unpaired) electrons. The van der Waals surface area contributed by atoms with Gasteiger partial charge in [0.1, 0.15) is 17.4 Å². The highest BCUT2D eigenvalue weighted by Crippen LogP contribution is 2.35. The Morgan fingerprint density at radius 1 is 1.19 bits per heavy atom.